The number of rotatable bonds is 6. The van der Waals surface area contributed by atoms with E-state index in [1.54, 1.807) is 20.8 Å². The van der Waals surface area contributed by atoms with Crippen LogP contribution in [0.3, 0.4) is 0 Å². The summed E-state index contributed by atoms with van der Waals surface area (Å²) in [4.78, 5) is 22.3. The van der Waals surface area contributed by atoms with Crippen LogP contribution in [0.4, 0.5) is 4.79 Å². The standard InChI is InChI=1S/C12H20N2O3/c1-4-6-7-8-13-11(17)14-9-12(3,5-2)10(15)16/h5,7-9H2,1-3H3,(H,15,16)(H2,13,14,17). The fourth-order valence-electron chi connectivity index (χ4n) is 1.05. The molecule has 3 N–H and O–H groups in total. The maximum Gasteiger partial charge on any atom is 0.314 e. The molecule has 0 aromatic carbocycles. The van der Waals surface area contributed by atoms with Crippen molar-refractivity contribution in [1.82, 2.24) is 10.6 Å². The lowest BCUT2D eigenvalue weighted by Gasteiger charge is -2.23. The van der Waals surface area contributed by atoms with E-state index in [4.69, 9.17) is 5.11 Å². The topological polar surface area (TPSA) is 78.4 Å². The molecule has 0 aromatic heterocycles. The second-order valence-electron chi connectivity index (χ2n) is 4.01. The molecule has 5 heteroatoms. The average molecular weight is 240 g/mol. The van der Waals surface area contributed by atoms with Gasteiger partial charge in [0.15, 0.2) is 0 Å². The summed E-state index contributed by atoms with van der Waals surface area (Å²) in [7, 11) is 0. The van der Waals surface area contributed by atoms with E-state index in [1.807, 2.05) is 0 Å². The lowest BCUT2D eigenvalue weighted by Crippen LogP contribution is -2.44. The summed E-state index contributed by atoms with van der Waals surface area (Å²) in [6.07, 6.45) is 1.05. The molecule has 0 aliphatic rings. The SMILES string of the molecule is CC#CCCNC(=O)NCC(C)(CC)C(=O)O. The number of hydrogen-bond donors (Lipinski definition) is 3. The Labute approximate surface area is 102 Å². The van der Waals surface area contributed by atoms with Crippen LogP contribution in [0.5, 0.6) is 0 Å². The van der Waals surface area contributed by atoms with E-state index >= 15 is 0 Å². The molecule has 1 atom stereocenters. The molecule has 0 aliphatic heterocycles. The van der Waals surface area contributed by atoms with Gasteiger partial charge in [-0.15, -0.1) is 11.8 Å². The molecule has 0 bridgehead atoms. The molecule has 96 valence electrons. The van der Waals surface area contributed by atoms with Crippen LogP contribution in [0, 0.1) is 17.3 Å². The van der Waals surface area contributed by atoms with Crippen molar-refractivity contribution < 1.29 is 14.7 Å². The van der Waals surface area contributed by atoms with Crippen molar-refractivity contribution in [1.29, 1.82) is 0 Å². The fourth-order valence-corrected chi connectivity index (χ4v) is 1.05. The van der Waals surface area contributed by atoms with Crippen LogP contribution in [0.2, 0.25) is 0 Å². The molecule has 0 aliphatic carbocycles. The van der Waals surface area contributed by atoms with E-state index < -0.39 is 11.4 Å². The molecule has 0 aromatic rings. The molecule has 0 rings (SSSR count). The van der Waals surface area contributed by atoms with E-state index in [1.165, 1.54) is 0 Å². The van der Waals surface area contributed by atoms with Gasteiger partial charge < -0.3 is 15.7 Å². The Morgan fingerprint density at radius 2 is 2.00 bits per heavy atom. The molecule has 1 unspecified atom stereocenters. The molecule has 0 spiro atoms. The first kappa shape index (κ1) is 15.3. The van der Waals surface area contributed by atoms with E-state index in [0.29, 0.717) is 19.4 Å². The maximum atomic E-state index is 11.3. The largest absolute Gasteiger partial charge is 0.481 e. The Balaban J connectivity index is 3.96. The molecule has 0 saturated carbocycles. The lowest BCUT2D eigenvalue weighted by molar-refractivity contribution is -0.147. The van der Waals surface area contributed by atoms with Crippen molar-refractivity contribution in [3.05, 3.63) is 0 Å². The summed E-state index contributed by atoms with van der Waals surface area (Å²) >= 11 is 0. The zero-order valence-corrected chi connectivity index (χ0v) is 10.6. The van der Waals surface area contributed by atoms with Crippen LogP contribution in [0.25, 0.3) is 0 Å². The highest BCUT2D eigenvalue weighted by Crippen LogP contribution is 2.19. The van der Waals surface area contributed by atoms with Gasteiger partial charge in [0.1, 0.15) is 0 Å². The number of carbonyl (C=O) groups excluding carboxylic acids is 1. The van der Waals surface area contributed by atoms with Crippen LogP contribution in [0.1, 0.15) is 33.6 Å². The van der Waals surface area contributed by atoms with Crippen LogP contribution >= 0.6 is 0 Å². The molecule has 5 nitrogen and oxygen atoms in total. The van der Waals surface area contributed by atoms with Crippen molar-refractivity contribution in [3.63, 3.8) is 0 Å². The number of aliphatic carboxylic acids is 1. The third kappa shape index (κ3) is 5.81. The van der Waals surface area contributed by atoms with Gasteiger partial charge in [-0.05, 0) is 20.3 Å². The first-order valence-electron chi connectivity index (χ1n) is 5.61. The summed E-state index contributed by atoms with van der Waals surface area (Å²) in [5, 5.41) is 14.2. The van der Waals surface area contributed by atoms with E-state index in [-0.39, 0.29) is 12.6 Å². The van der Waals surface area contributed by atoms with Crippen LogP contribution in [-0.4, -0.2) is 30.2 Å². The second kappa shape index (κ2) is 7.55. The Kier molecular flexibility index (Phi) is 6.80. The number of carboxylic acid groups (broad SMARTS) is 1. The number of urea groups is 1. The Morgan fingerprint density at radius 1 is 1.35 bits per heavy atom. The van der Waals surface area contributed by atoms with Gasteiger partial charge in [0.2, 0.25) is 0 Å². The van der Waals surface area contributed by atoms with Gasteiger partial charge >= 0.3 is 12.0 Å². The van der Waals surface area contributed by atoms with Gasteiger partial charge in [0, 0.05) is 19.5 Å². The third-order valence-corrected chi connectivity index (χ3v) is 2.65. The monoisotopic (exact) mass is 240 g/mol. The predicted octanol–water partition coefficient (Wildman–Crippen LogP) is 1.20. The number of carboxylic acids is 1. The second-order valence-corrected chi connectivity index (χ2v) is 4.01. The summed E-state index contributed by atoms with van der Waals surface area (Å²) in [5.41, 5.74) is -0.916. The van der Waals surface area contributed by atoms with Crippen molar-refractivity contribution >= 4 is 12.0 Å². The van der Waals surface area contributed by atoms with Crippen molar-refractivity contribution in [2.45, 2.75) is 33.6 Å². The van der Waals surface area contributed by atoms with Gasteiger partial charge in [0.25, 0.3) is 0 Å². The zero-order chi connectivity index (χ0) is 13.3. The fraction of sp³-hybridized carbons (Fsp3) is 0.667. The Morgan fingerprint density at radius 3 is 2.47 bits per heavy atom. The van der Waals surface area contributed by atoms with Gasteiger partial charge in [-0.2, -0.15) is 0 Å². The molecule has 0 radical (unpaired) electrons. The average Bonchev–Trinajstić information content (AvgIpc) is 2.31. The predicted molar refractivity (Wildman–Crippen MR) is 65.5 cm³/mol. The van der Waals surface area contributed by atoms with E-state index in [0.717, 1.165) is 0 Å². The van der Waals surface area contributed by atoms with E-state index in [9.17, 15) is 9.59 Å². The quantitative estimate of drug-likeness (QED) is 0.482. The minimum atomic E-state index is -0.916. The smallest absolute Gasteiger partial charge is 0.314 e. The van der Waals surface area contributed by atoms with Crippen LogP contribution in [0.15, 0.2) is 0 Å². The van der Waals surface area contributed by atoms with Gasteiger partial charge in [0.05, 0.1) is 5.41 Å². The number of hydrogen-bond acceptors (Lipinski definition) is 2. The van der Waals surface area contributed by atoms with Gasteiger partial charge in [-0.3, -0.25) is 4.79 Å². The molecule has 0 heterocycles. The summed E-state index contributed by atoms with van der Waals surface area (Å²) < 4.78 is 0. The summed E-state index contributed by atoms with van der Waals surface area (Å²) in [6, 6.07) is -0.358. The Hall–Kier alpha value is -1.70. The first-order chi connectivity index (χ1) is 7.96. The number of nitrogens with one attached hydrogen (secondary N) is 2. The highest BCUT2D eigenvalue weighted by molar-refractivity contribution is 5.77. The molecule has 2 amide bonds. The first-order valence-corrected chi connectivity index (χ1v) is 5.61. The van der Waals surface area contributed by atoms with Crippen molar-refractivity contribution in [2.75, 3.05) is 13.1 Å². The normalized spacial score (nSPS) is 12.9. The lowest BCUT2D eigenvalue weighted by atomic mass is 9.88. The minimum absolute atomic E-state index is 0.115. The molecule has 17 heavy (non-hydrogen) atoms. The van der Waals surface area contributed by atoms with Crippen LogP contribution < -0.4 is 10.6 Å². The molecular formula is C12H20N2O3. The van der Waals surface area contributed by atoms with Crippen molar-refractivity contribution in [2.24, 2.45) is 5.41 Å². The summed E-state index contributed by atoms with van der Waals surface area (Å²) in [6.45, 7) is 5.70. The highest BCUT2D eigenvalue weighted by atomic mass is 16.4. The van der Waals surface area contributed by atoms with E-state index in [2.05, 4.69) is 22.5 Å². The number of carbonyl (C=O) groups is 2. The minimum Gasteiger partial charge on any atom is -0.481 e. The third-order valence-electron chi connectivity index (χ3n) is 2.65. The summed E-state index contributed by atoms with van der Waals surface area (Å²) in [5.74, 6) is 4.64. The molecule has 0 fully saturated rings. The van der Waals surface area contributed by atoms with Gasteiger partial charge in [-0.1, -0.05) is 6.92 Å². The number of amides is 2. The molecule has 0 saturated heterocycles. The highest BCUT2D eigenvalue weighted by Gasteiger charge is 2.31. The van der Waals surface area contributed by atoms with Crippen LogP contribution in [-0.2, 0) is 4.79 Å². The maximum absolute atomic E-state index is 11.3. The molecular weight excluding hydrogens is 220 g/mol. The Bertz CT molecular complexity index is 330. The van der Waals surface area contributed by atoms with Crippen molar-refractivity contribution in [3.8, 4) is 11.8 Å². The van der Waals surface area contributed by atoms with Gasteiger partial charge in [-0.25, -0.2) is 4.79 Å². The zero-order valence-electron chi connectivity index (χ0n) is 10.6.